The SMILES string of the molecule is Cc1cccc(C)c1NCCNCCNc1c(C)cccc1C.[Cl-].[Cl-].[Mn+2]. The molecule has 0 bridgehead atoms. The summed E-state index contributed by atoms with van der Waals surface area (Å²) in [4.78, 5) is 0. The first kappa shape index (κ1) is 27.3. The Morgan fingerprint density at radius 3 is 1.19 bits per heavy atom. The molecule has 3 N–H and O–H groups in total. The Kier molecular flexibility index (Phi) is 14.9. The molecule has 2 aromatic carbocycles. The zero-order chi connectivity index (χ0) is 16.7. The van der Waals surface area contributed by atoms with Gasteiger partial charge in [-0.1, -0.05) is 36.4 Å². The van der Waals surface area contributed by atoms with Crippen molar-refractivity contribution >= 4 is 11.4 Å². The van der Waals surface area contributed by atoms with E-state index in [9.17, 15) is 0 Å². The summed E-state index contributed by atoms with van der Waals surface area (Å²) in [6, 6.07) is 12.8. The summed E-state index contributed by atoms with van der Waals surface area (Å²) in [5.74, 6) is 0. The summed E-state index contributed by atoms with van der Waals surface area (Å²) in [7, 11) is 0. The number of aryl methyl sites for hydroxylation is 4. The van der Waals surface area contributed by atoms with Crippen LogP contribution < -0.4 is 40.8 Å². The fourth-order valence-corrected chi connectivity index (χ4v) is 2.86. The smallest absolute Gasteiger partial charge is 1.00 e. The fourth-order valence-electron chi connectivity index (χ4n) is 2.86. The van der Waals surface area contributed by atoms with E-state index in [1.165, 1.54) is 33.6 Å². The molecule has 0 aliphatic heterocycles. The number of halogens is 2. The minimum absolute atomic E-state index is 0. The quantitative estimate of drug-likeness (QED) is 0.332. The summed E-state index contributed by atoms with van der Waals surface area (Å²) >= 11 is 0. The molecule has 0 atom stereocenters. The maximum Gasteiger partial charge on any atom is 2.00 e. The molecule has 0 amide bonds. The molecule has 0 spiro atoms. The standard InChI is InChI=1S/C20H29N3.2ClH.Mn/c1-15-7-5-8-16(2)19(15)22-13-11-21-12-14-23-20-17(3)9-6-10-18(20)4;;;/h5-10,21-23H,11-14H2,1-4H3;2*1H;/q;;;+2/p-2. The summed E-state index contributed by atoms with van der Waals surface area (Å²) in [6.07, 6.45) is 0. The molecule has 0 saturated carbocycles. The van der Waals surface area contributed by atoms with Crippen LogP contribution in [-0.4, -0.2) is 26.2 Å². The van der Waals surface area contributed by atoms with Crippen LogP contribution in [0, 0.1) is 27.7 Å². The van der Waals surface area contributed by atoms with Crippen molar-refractivity contribution in [2.75, 3.05) is 36.8 Å². The average molecular weight is 437 g/mol. The second-order valence-corrected chi connectivity index (χ2v) is 6.14. The predicted octanol–water partition coefficient (Wildman–Crippen LogP) is -1.96. The van der Waals surface area contributed by atoms with Crippen molar-refractivity contribution in [2.45, 2.75) is 27.7 Å². The first-order chi connectivity index (χ1) is 11.1. The Labute approximate surface area is 181 Å². The van der Waals surface area contributed by atoms with Crippen LogP contribution in [0.3, 0.4) is 0 Å². The Morgan fingerprint density at radius 2 is 0.885 bits per heavy atom. The number of anilines is 2. The van der Waals surface area contributed by atoms with Crippen molar-refractivity contribution in [3.05, 3.63) is 58.7 Å². The number of benzene rings is 2. The van der Waals surface area contributed by atoms with Gasteiger partial charge in [-0.2, -0.15) is 0 Å². The molecule has 0 heterocycles. The molecule has 2 aromatic rings. The van der Waals surface area contributed by atoms with Crippen molar-refractivity contribution in [1.29, 1.82) is 0 Å². The van der Waals surface area contributed by atoms with Gasteiger partial charge in [-0.3, -0.25) is 0 Å². The largest absolute Gasteiger partial charge is 2.00 e. The monoisotopic (exact) mass is 436 g/mol. The first-order valence-corrected chi connectivity index (χ1v) is 8.40. The van der Waals surface area contributed by atoms with E-state index in [0.717, 1.165) is 26.2 Å². The van der Waals surface area contributed by atoms with Crippen LogP contribution in [0.1, 0.15) is 22.3 Å². The first-order valence-electron chi connectivity index (χ1n) is 8.40. The Morgan fingerprint density at radius 1 is 0.577 bits per heavy atom. The van der Waals surface area contributed by atoms with Crippen LogP contribution in [0.4, 0.5) is 11.4 Å². The third-order valence-electron chi connectivity index (χ3n) is 4.17. The molecule has 145 valence electrons. The van der Waals surface area contributed by atoms with Crippen LogP contribution >= 0.6 is 0 Å². The maximum absolute atomic E-state index is 3.53. The van der Waals surface area contributed by atoms with Gasteiger partial charge in [0.2, 0.25) is 0 Å². The van der Waals surface area contributed by atoms with Crippen molar-refractivity contribution in [1.82, 2.24) is 5.32 Å². The summed E-state index contributed by atoms with van der Waals surface area (Å²) in [6.45, 7) is 12.4. The van der Waals surface area contributed by atoms with Crippen LogP contribution in [0.2, 0.25) is 0 Å². The average Bonchev–Trinajstić information content (AvgIpc) is 2.51. The van der Waals surface area contributed by atoms with Crippen LogP contribution in [0.25, 0.3) is 0 Å². The van der Waals surface area contributed by atoms with E-state index in [2.05, 4.69) is 80.0 Å². The van der Waals surface area contributed by atoms with Gasteiger partial charge in [-0.25, -0.2) is 0 Å². The molecule has 0 saturated heterocycles. The Bertz CT molecular complexity index is 555. The van der Waals surface area contributed by atoms with E-state index in [4.69, 9.17) is 0 Å². The van der Waals surface area contributed by atoms with Gasteiger partial charge in [0, 0.05) is 37.6 Å². The van der Waals surface area contributed by atoms with Gasteiger partial charge in [0.05, 0.1) is 0 Å². The van der Waals surface area contributed by atoms with Gasteiger partial charge < -0.3 is 40.8 Å². The van der Waals surface area contributed by atoms with Gasteiger partial charge in [-0.15, -0.1) is 0 Å². The number of hydrogen-bond donors (Lipinski definition) is 3. The molecular formula is C20H29Cl2MnN3. The summed E-state index contributed by atoms with van der Waals surface area (Å²) in [5, 5.41) is 10.5. The van der Waals surface area contributed by atoms with E-state index in [0.29, 0.717) is 0 Å². The van der Waals surface area contributed by atoms with Crippen molar-refractivity contribution < 1.29 is 41.9 Å². The molecule has 26 heavy (non-hydrogen) atoms. The van der Waals surface area contributed by atoms with Gasteiger partial charge in [0.15, 0.2) is 0 Å². The van der Waals surface area contributed by atoms with E-state index in [1.807, 2.05) is 0 Å². The third-order valence-corrected chi connectivity index (χ3v) is 4.17. The normalized spacial score (nSPS) is 9.38. The second-order valence-electron chi connectivity index (χ2n) is 6.14. The van der Waals surface area contributed by atoms with Crippen LogP contribution in [-0.2, 0) is 17.1 Å². The molecule has 0 fully saturated rings. The van der Waals surface area contributed by atoms with Crippen LogP contribution in [0.15, 0.2) is 36.4 Å². The van der Waals surface area contributed by atoms with Gasteiger partial charge >= 0.3 is 17.1 Å². The zero-order valence-electron chi connectivity index (χ0n) is 15.9. The van der Waals surface area contributed by atoms with Gasteiger partial charge in [0.1, 0.15) is 0 Å². The molecule has 0 aliphatic rings. The molecule has 3 nitrogen and oxygen atoms in total. The van der Waals surface area contributed by atoms with Crippen molar-refractivity contribution in [3.63, 3.8) is 0 Å². The van der Waals surface area contributed by atoms with Crippen LogP contribution in [0.5, 0.6) is 0 Å². The molecule has 0 unspecified atom stereocenters. The number of para-hydroxylation sites is 2. The van der Waals surface area contributed by atoms with Gasteiger partial charge in [-0.05, 0) is 49.9 Å². The summed E-state index contributed by atoms with van der Waals surface area (Å²) in [5.41, 5.74) is 7.76. The molecular weight excluding hydrogens is 408 g/mol. The van der Waals surface area contributed by atoms with E-state index >= 15 is 0 Å². The van der Waals surface area contributed by atoms with Gasteiger partial charge in [0.25, 0.3) is 0 Å². The molecule has 6 heteroatoms. The second kappa shape index (κ2) is 14.2. The number of hydrogen-bond acceptors (Lipinski definition) is 3. The predicted molar refractivity (Wildman–Crippen MR) is 102 cm³/mol. The molecule has 0 aromatic heterocycles. The zero-order valence-corrected chi connectivity index (χ0v) is 18.6. The molecule has 0 aliphatic carbocycles. The number of rotatable bonds is 8. The fraction of sp³-hybridized carbons (Fsp3) is 0.400. The maximum atomic E-state index is 3.53. The van der Waals surface area contributed by atoms with E-state index in [-0.39, 0.29) is 41.9 Å². The number of nitrogens with one attached hydrogen (secondary N) is 3. The van der Waals surface area contributed by atoms with E-state index in [1.54, 1.807) is 0 Å². The van der Waals surface area contributed by atoms with Crippen molar-refractivity contribution in [2.24, 2.45) is 0 Å². The Balaban J connectivity index is 0. The van der Waals surface area contributed by atoms with E-state index < -0.39 is 0 Å². The third kappa shape index (κ3) is 8.20. The molecule has 1 radical (unpaired) electrons. The topological polar surface area (TPSA) is 36.1 Å². The molecule has 2 rings (SSSR count). The Hall–Kier alpha value is -0.901. The van der Waals surface area contributed by atoms with Crippen molar-refractivity contribution in [3.8, 4) is 0 Å². The minimum atomic E-state index is 0. The summed E-state index contributed by atoms with van der Waals surface area (Å²) < 4.78 is 0. The minimum Gasteiger partial charge on any atom is -1.00 e.